The Hall–Kier alpha value is -2.69. The van der Waals surface area contributed by atoms with Crippen LogP contribution in [0.3, 0.4) is 0 Å². The molecule has 1 unspecified atom stereocenters. The molecule has 3 aromatic rings. The summed E-state index contributed by atoms with van der Waals surface area (Å²) in [5.41, 5.74) is 2.51. The highest BCUT2D eigenvalue weighted by atomic mass is 19.1. The van der Waals surface area contributed by atoms with E-state index in [4.69, 9.17) is 0 Å². The summed E-state index contributed by atoms with van der Waals surface area (Å²) >= 11 is 0. The normalized spacial score (nSPS) is 12.3. The van der Waals surface area contributed by atoms with Gasteiger partial charge in [-0.25, -0.2) is 9.37 Å². The first-order valence-electron chi connectivity index (χ1n) is 9.59. The first kappa shape index (κ1) is 19.1. The second kappa shape index (κ2) is 8.80. The Kier molecular flexibility index (Phi) is 6.22. The third kappa shape index (κ3) is 4.35. The molecule has 0 radical (unpaired) electrons. The number of rotatable bonds is 8. The molecular weight excluding hydrogens is 341 g/mol. The van der Waals surface area contributed by atoms with E-state index < -0.39 is 0 Å². The van der Waals surface area contributed by atoms with Crippen molar-refractivity contribution in [3.05, 3.63) is 71.9 Å². The average Bonchev–Trinajstić information content (AvgIpc) is 3.09. The van der Waals surface area contributed by atoms with Gasteiger partial charge in [-0.3, -0.25) is 4.79 Å². The molecule has 1 atom stereocenters. The Labute approximate surface area is 159 Å². The molecule has 0 aliphatic heterocycles. The second-order valence-electron chi connectivity index (χ2n) is 6.80. The summed E-state index contributed by atoms with van der Waals surface area (Å²) in [6.07, 6.45) is 5.87. The SMILES string of the molecule is CCCN(CCC)C(=O)CC(c1cccc(F)c1)c1cnc2ccccn12. The average molecular weight is 367 g/mol. The van der Waals surface area contributed by atoms with Gasteiger partial charge in [-0.1, -0.05) is 32.0 Å². The minimum absolute atomic E-state index is 0.0962. The lowest BCUT2D eigenvalue weighted by Crippen LogP contribution is -2.33. The van der Waals surface area contributed by atoms with Crippen molar-refractivity contribution in [2.24, 2.45) is 0 Å². The molecule has 0 N–H and O–H groups in total. The maximum Gasteiger partial charge on any atom is 0.223 e. The molecule has 0 fully saturated rings. The number of carbonyl (C=O) groups is 1. The minimum atomic E-state index is -0.294. The van der Waals surface area contributed by atoms with Crippen molar-refractivity contribution in [2.75, 3.05) is 13.1 Å². The summed E-state index contributed by atoms with van der Waals surface area (Å²) in [6, 6.07) is 12.3. The molecule has 0 aliphatic rings. The zero-order chi connectivity index (χ0) is 19.2. The van der Waals surface area contributed by atoms with Crippen molar-refractivity contribution in [3.63, 3.8) is 0 Å². The Morgan fingerprint density at radius 2 is 1.93 bits per heavy atom. The predicted molar refractivity (Wildman–Crippen MR) is 105 cm³/mol. The fraction of sp³-hybridized carbons (Fsp3) is 0.364. The summed E-state index contributed by atoms with van der Waals surface area (Å²) in [6.45, 7) is 5.64. The molecule has 3 rings (SSSR count). The lowest BCUT2D eigenvalue weighted by molar-refractivity contribution is -0.131. The van der Waals surface area contributed by atoms with Crippen LogP contribution in [0, 0.1) is 5.82 Å². The highest BCUT2D eigenvalue weighted by Gasteiger charge is 2.24. The largest absolute Gasteiger partial charge is 0.343 e. The fourth-order valence-corrected chi connectivity index (χ4v) is 3.53. The molecule has 27 heavy (non-hydrogen) atoms. The second-order valence-corrected chi connectivity index (χ2v) is 6.80. The molecule has 0 bridgehead atoms. The summed E-state index contributed by atoms with van der Waals surface area (Å²) in [4.78, 5) is 19.4. The van der Waals surface area contributed by atoms with E-state index in [2.05, 4.69) is 18.8 Å². The molecule has 1 aromatic carbocycles. The molecule has 2 aromatic heterocycles. The number of aromatic nitrogens is 2. The summed E-state index contributed by atoms with van der Waals surface area (Å²) in [7, 11) is 0. The van der Waals surface area contributed by atoms with Crippen molar-refractivity contribution < 1.29 is 9.18 Å². The van der Waals surface area contributed by atoms with Gasteiger partial charge in [0.05, 0.1) is 5.69 Å². The first-order valence-corrected chi connectivity index (χ1v) is 9.59. The van der Waals surface area contributed by atoms with Crippen LogP contribution in [0.4, 0.5) is 4.39 Å². The van der Waals surface area contributed by atoms with Crippen LogP contribution in [0.15, 0.2) is 54.9 Å². The van der Waals surface area contributed by atoms with Crippen LogP contribution in [0.1, 0.15) is 50.3 Å². The number of hydrogen-bond acceptors (Lipinski definition) is 2. The van der Waals surface area contributed by atoms with E-state index in [1.165, 1.54) is 12.1 Å². The third-order valence-electron chi connectivity index (χ3n) is 4.77. The van der Waals surface area contributed by atoms with Crippen molar-refractivity contribution in [1.82, 2.24) is 14.3 Å². The monoisotopic (exact) mass is 367 g/mol. The zero-order valence-corrected chi connectivity index (χ0v) is 15.9. The van der Waals surface area contributed by atoms with Crippen LogP contribution >= 0.6 is 0 Å². The van der Waals surface area contributed by atoms with E-state index in [1.807, 2.05) is 39.8 Å². The van der Waals surface area contributed by atoms with Gasteiger partial charge in [-0.05, 0) is 42.7 Å². The van der Waals surface area contributed by atoms with Gasteiger partial charge < -0.3 is 9.30 Å². The molecule has 1 amide bonds. The highest BCUT2D eigenvalue weighted by molar-refractivity contribution is 5.77. The Balaban J connectivity index is 1.99. The van der Waals surface area contributed by atoms with Gasteiger partial charge in [-0.2, -0.15) is 0 Å². The van der Waals surface area contributed by atoms with Crippen LogP contribution < -0.4 is 0 Å². The van der Waals surface area contributed by atoms with Gasteiger partial charge in [0.15, 0.2) is 0 Å². The molecule has 0 spiro atoms. The first-order chi connectivity index (χ1) is 13.1. The van der Waals surface area contributed by atoms with Crippen molar-refractivity contribution in [3.8, 4) is 0 Å². The number of benzene rings is 1. The molecule has 0 aliphatic carbocycles. The summed E-state index contributed by atoms with van der Waals surface area (Å²) < 4.78 is 15.9. The molecule has 2 heterocycles. The maximum absolute atomic E-state index is 13.9. The van der Waals surface area contributed by atoms with Gasteiger partial charge in [0.1, 0.15) is 11.5 Å². The number of fused-ring (bicyclic) bond motifs is 1. The molecular formula is C22H26FN3O. The van der Waals surface area contributed by atoms with Gasteiger partial charge in [0.2, 0.25) is 5.91 Å². The number of nitrogens with zero attached hydrogens (tertiary/aromatic N) is 3. The standard InChI is InChI=1S/C22H26FN3O/c1-3-11-25(12-4-2)22(27)15-19(17-8-7-9-18(23)14-17)20-16-24-21-10-5-6-13-26(20)21/h5-10,13-14,16,19H,3-4,11-12,15H2,1-2H3. The van der Waals surface area contributed by atoms with Crippen LogP contribution in [0.2, 0.25) is 0 Å². The van der Waals surface area contributed by atoms with E-state index in [9.17, 15) is 9.18 Å². The minimum Gasteiger partial charge on any atom is -0.343 e. The lowest BCUT2D eigenvalue weighted by Gasteiger charge is -2.25. The Morgan fingerprint density at radius 1 is 1.15 bits per heavy atom. The number of pyridine rings is 1. The Morgan fingerprint density at radius 3 is 2.63 bits per heavy atom. The van der Waals surface area contributed by atoms with Crippen LogP contribution in [-0.4, -0.2) is 33.3 Å². The predicted octanol–water partition coefficient (Wildman–Crippen LogP) is 4.64. The number of carbonyl (C=O) groups excluding carboxylic acids is 1. The van der Waals surface area contributed by atoms with E-state index in [1.54, 1.807) is 12.3 Å². The quantitative estimate of drug-likeness (QED) is 0.581. The molecule has 0 saturated heterocycles. The van der Waals surface area contributed by atoms with Crippen molar-refractivity contribution in [1.29, 1.82) is 0 Å². The summed E-state index contributed by atoms with van der Waals surface area (Å²) in [5, 5.41) is 0. The van der Waals surface area contributed by atoms with Crippen LogP contribution in [0.25, 0.3) is 5.65 Å². The maximum atomic E-state index is 13.9. The fourth-order valence-electron chi connectivity index (χ4n) is 3.53. The lowest BCUT2D eigenvalue weighted by atomic mass is 9.92. The number of imidazole rings is 1. The van der Waals surface area contributed by atoms with Crippen LogP contribution in [0.5, 0.6) is 0 Å². The van der Waals surface area contributed by atoms with Crippen LogP contribution in [-0.2, 0) is 4.79 Å². The van der Waals surface area contributed by atoms with E-state index in [0.717, 1.165) is 42.8 Å². The van der Waals surface area contributed by atoms with E-state index in [-0.39, 0.29) is 17.6 Å². The number of hydrogen-bond donors (Lipinski definition) is 0. The van der Waals surface area contributed by atoms with E-state index >= 15 is 0 Å². The molecule has 0 saturated carbocycles. The van der Waals surface area contributed by atoms with Gasteiger partial charge >= 0.3 is 0 Å². The van der Waals surface area contributed by atoms with Gasteiger partial charge in [-0.15, -0.1) is 0 Å². The third-order valence-corrected chi connectivity index (χ3v) is 4.77. The van der Waals surface area contributed by atoms with Gasteiger partial charge in [0.25, 0.3) is 0 Å². The Bertz CT molecular complexity index is 899. The topological polar surface area (TPSA) is 37.6 Å². The zero-order valence-electron chi connectivity index (χ0n) is 15.9. The summed E-state index contributed by atoms with van der Waals surface area (Å²) in [5.74, 6) is -0.446. The van der Waals surface area contributed by atoms with Crippen molar-refractivity contribution >= 4 is 11.6 Å². The number of halogens is 1. The van der Waals surface area contributed by atoms with Crippen molar-refractivity contribution in [2.45, 2.75) is 39.0 Å². The number of amides is 1. The molecule has 4 nitrogen and oxygen atoms in total. The smallest absolute Gasteiger partial charge is 0.223 e. The van der Waals surface area contributed by atoms with E-state index in [0.29, 0.717) is 6.42 Å². The molecule has 5 heteroatoms. The van der Waals surface area contributed by atoms with Gasteiger partial charge in [0, 0.05) is 37.8 Å². The highest BCUT2D eigenvalue weighted by Crippen LogP contribution is 2.30. The molecule has 142 valence electrons.